The van der Waals surface area contributed by atoms with E-state index in [1.807, 2.05) is 0 Å². The summed E-state index contributed by atoms with van der Waals surface area (Å²) in [6.45, 7) is 14.7. The summed E-state index contributed by atoms with van der Waals surface area (Å²) < 4.78 is 5.95. The predicted molar refractivity (Wildman–Crippen MR) is 78.3 cm³/mol. The quantitative estimate of drug-likeness (QED) is 0.859. The zero-order chi connectivity index (χ0) is 13.8. The van der Waals surface area contributed by atoms with Crippen LogP contribution in [0.3, 0.4) is 0 Å². The zero-order valence-electron chi connectivity index (χ0n) is 12.6. The Bertz CT molecular complexity index is 359. The van der Waals surface area contributed by atoms with Crippen molar-refractivity contribution in [3.05, 3.63) is 29.3 Å². The molecule has 0 radical (unpaired) electrons. The molecule has 0 heterocycles. The Morgan fingerprint density at radius 1 is 1.17 bits per heavy atom. The second-order valence-electron chi connectivity index (χ2n) is 6.27. The van der Waals surface area contributed by atoms with E-state index in [0.29, 0.717) is 5.92 Å². The van der Waals surface area contributed by atoms with Crippen molar-refractivity contribution in [2.75, 3.05) is 13.2 Å². The van der Waals surface area contributed by atoms with E-state index in [1.165, 1.54) is 11.1 Å². The molecule has 0 aliphatic heterocycles. The standard InChI is InChI=1S/C16H27NO/c1-12(10-17-16(4,5)6)11-18-15-13(2)8-7-9-14(15)3/h7-9,12,17H,10-11H2,1-6H3. The summed E-state index contributed by atoms with van der Waals surface area (Å²) in [5.41, 5.74) is 2.60. The SMILES string of the molecule is Cc1cccc(C)c1OCC(C)CNC(C)(C)C. The van der Waals surface area contributed by atoms with Gasteiger partial charge in [0, 0.05) is 18.0 Å². The number of para-hydroxylation sites is 1. The summed E-state index contributed by atoms with van der Waals surface area (Å²) in [6.07, 6.45) is 0. The molecule has 0 spiro atoms. The number of benzene rings is 1. The third-order valence-electron chi connectivity index (χ3n) is 2.90. The fraction of sp³-hybridized carbons (Fsp3) is 0.625. The number of nitrogens with one attached hydrogen (secondary N) is 1. The van der Waals surface area contributed by atoms with Gasteiger partial charge in [0.15, 0.2) is 0 Å². The van der Waals surface area contributed by atoms with Gasteiger partial charge in [0.1, 0.15) is 5.75 Å². The van der Waals surface area contributed by atoms with E-state index in [9.17, 15) is 0 Å². The van der Waals surface area contributed by atoms with Crippen LogP contribution in [-0.2, 0) is 0 Å². The Kier molecular flexibility index (Phi) is 5.21. The van der Waals surface area contributed by atoms with Crippen molar-refractivity contribution >= 4 is 0 Å². The Morgan fingerprint density at radius 3 is 2.22 bits per heavy atom. The first-order valence-corrected chi connectivity index (χ1v) is 6.73. The van der Waals surface area contributed by atoms with Crippen molar-refractivity contribution in [1.29, 1.82) is 0 Å². The highest BCUT2D eigenvalue weighted by atomic mass is 16.5. The average molecular weight is 249 g/mol. The molecule has 0 aromatic heterocycles. The maximum Gasteiger partial charge on any atom is 0.125 e. The summed E-state index contributed by atoms with van der Waals surface area (Å²) in [4.78, 5) is 0. The fourth-order valence-corrected chi connectivity index (χ4v) is 1.79. The van der Waals surface area contributed by atoms with Crippen LogP contribution in [0.1, 0.15) is 38.8 Å². The van der Waals surface area contributed by atoms with Crippen molar-refractivity contribution in [3.63, 3.8) is 0 Å². The van der Waals surface area contributed by atoms with Gasteiger partial charge >= 0.3 is 0 Å². The fourth-order valence-electron chi connectivity index (χ4n) is 1.79. The minimum Gasteiger partial charge on any atom is -0.493 e. The topological polar surface area (TPSA) is 21.3 Å². The lowest BCUT2D eigenvalue weighted by atomic mass is 10.1. The molecule has 1 rings (SSSR count). The van der Waals surface area contributed by atoms with Gasteiger partial charge in [0.2, 0.25) is 0 Å². The molecule has 18 heavy (non-hydrogen) atoms. The van der Waals surface area contributed by atoms with Gasteiger partial charge in [-0.05, 0) is 45.7 Å². The Morgan fingerprint density at radius 2 is 1.72 bits per heavy atom. The monoisotopic (exact) mass is 249 g/mol. The maximum absolute atomic E-state index is 5.95. The van der Waals surface area contributed by atoms with Gasteiger partial charge in [-0.25, -0.2) is 0 Å². The van der Waals surface area contributed by atoms with Crippen LogP contribution < -0.4 is 10.1 Å². The predicted octanol–water partition coefficient (Wildman–Crippen LogP) is 3.71. The third kappa shape index (κ3) is 5.09. The molecule has 0 aliphatic carbocycles. The highest BCUT2D eigenvalue weighted by molar-refractivity contribution is 5.39. The molecular weight excluding hydrogens is 222 g/mol. The summed E-state index contributed by atoms with van der Waals surface area (Å²) in [7, 11) is 0. The lowest BCUT2D eigenvalue weighted by molar-refractivity contribution is 0.242. The summed E-state index contributed by atoms with van der Waals surface area (Å²) in [6, 6.07) is 6.27. The van der Waals surface area contributed by atoms with E-state index < -0.39 is 0 Å². The highest BCUT2D eigenvalue weighted by Crippen LogP contribution is 2.22. The smallest absolute Gasteiger partial charge is 0.125 e. The van der Waals surface area contributed by atoms with E-state index >= 15 is 0 Å². The molecule has 1 aromatic carbocycles. The number of rotatable bonds is 5. The van der Waals surface area contributed by atoms with Gasteiger partial charge in [0.05, 0.1) is 6.61 Å². The second-order valence-corrected chi connectivity index (χ2v) is 6.27. The molecule has 1 aromatic rings. The highest BCUT2D eigenvalue weighted by Gasteiger charge is 2.12. The van der Waals surface area contributed by atoms with Crippen LogP contribution in [0.25, 0.3) is 0 Å². The Balaban J connectivity index is 2.45. The Hall–Kier alpha value is -1.02. The van der Waals surface area contributed by atoms with Gasteiger partial charge in [0.25, 0.3) is 0 Å². The first-order chi connectivity index (χ1) is 8.29. The van der Waals surface area contributed by atoms with E-state index in [-0.39, 0.29) is 5.54 Å². The van der Waals surface area contributed by atoms with E-state index in [1.54, 1.807) is 0 Å². The van der Waals surface area contributed by atoms with E-state index in [4.69, 9.17) is 4.74 Å². The lowest BCUT2D eigenvalue weighted by Crippen LogP contribution is -2.39. The number of hydrogen-bond acceptors (Lipinski definition) is 2. The van der Waals surface area contributed by atoms with E-state index in [0.717, 1.165) is 18.9 Å². The van der Waals surface area contributed by atoms with Crippen LogP contribution >= 0.6 is 0 Å². The molecule has 0 bridgehead atoms. The average Bonchev–Trinajstić information content (AvgIpc) is 2.25. The van der Waals surface area contributed by atoms with Crippen LogP contribution in [0, 0.1) is 19.8 Å². The normalized spacial score (nSPS) is 13.4. The van der Waals surface area contributed by atoms with Crippen LogP contribution in [-0.4, -0.2) is 18.7 Å². The molecule has 0 saturated carbocycles. The summed E-state index contributed by atoms with van der Waals surface area (Å²) in [5.74, 6) is 1.54. The van der Waals surface area contributed by atoms with Gasteiger partial charge in [-0.2, -0.15) is 0 Å². The number of hydrogen-bond donors (Lipinski definition) is 1. The molecule has 1 unspecified atom stereocenters. The molecule has 2 nitrogen and oxygen atoms in total. The van der Waals surface area contributed by atoms with Crippen molar-refractivity contribution < 1.29 is 4.74 Å². The van der Waals surface area contributed by atoms with Crippen LogP contribution in [0.2, 0.25) is 0 Å². The number of ether oxygens (including phenoxy) is 1. The second kappa shape index (κ2) is 6.24. The van der Waals surface area contributed by atoms with Crippen molar-refractivity contribution in [1.82, 2.24) is 5.32 Å². The minimum absolute atomic E-state index is 0.173. The van der Waals surface area contributed by atoms with Gasteiger partial charge in [-0.15, -0.1) is 0 Å². The minimum atomic E-state index is 0.173. The molecule has 0 aliphatic rings. The van der Waals surface area contributed by atoms with Crippen LogP contribution in [0.5, 0.6) is 5.75 Å². The largest absolute Gasteiger partial charge is 0.493 e. The molecule has 2 heteroatoms. The molecular formula is C16H27NO. The molecule has 1 atom stereocenters. The van der Waals surface area contributed by atoms with Gasteiger partial charge < -0.3 is 10.1 Å². The van der Waals surface area contributed by atoms with Crippen LogP contribution in [0.15, 0.2) is 18.2 Å². The molecule has 102 valence electrons. The lowest BCUT2D eigenvalue weighted by Gasteiger charge is -2.24. The van der Waals surface area contributed by atoms with Crippen molar-refractivity contribution in [2.24, 2.45) is 5.92 Å². The summed E-state index contributed by atoms with van der Waals surface area (Å²) in [5, 5.41) is 3.51. The zero-order valence-corrected chi connectivity index (χ0v) is 12.6. The van der Waals surface area contributed by atoms with Gasteiger partial charge in [-0.3, -0.25) is 0 Å². The third-order valence-corrected chi connectivity index (χ3v) is 2.90. The maximum atomic E-state index is 5.95. The van der Waals surface area contributed by atoms with Crippen molar-refractivity contribution in [2.45, 2.75) is 47.1 Å². The molecule has 0 saturated heterocycles. The van der Waals surface area contributed by atoms with Crippen molar-refractivity contribution in [3.8, 4) is 5.75 Å². The Labute approximate surface area is 112 Å². The van der Waals surface area contributed by atoms with E-state index in [2.05, 4.69) is 65.1 Å². The summed E-state index contributed by atoms with van der Waals surface area (Å²) >= 11 is 0. The molecule has 0 fully saturated rings. The van der Waals surface area contributed by atoms with Gasteiger partial charge in [-0.1, -0.05) is 25.1 Å². The molecule has 0 amide bonds. The first-order valence-electron chi connectivity index (χ1n) is 6.73. The molecule has 1 N–H and O–H groups in total. The number of aryl methyl sites for hydroxylation is 2. The first kappa shape index (κ1) is 15.0. The van der Waals surface area contributed by atoms with Crippen LogP contribution in [0.4, 0.5) is 0 Å².